The lowest BCUT2D eigenvalue weighted by Gasteiger charge is -2.24. The number of hydrogen-bond acceptors (Lipinski definition) is 3. The Balaban J connectivity index is 1.71. The fourth-order valence-corrected chi connectivity index (χ4v) is 4.70. The van der Waals surface area contributed by atoms with Crippen LogP contribution in [0.4, 0.5) is 10.1 Å². The van der Waals surface area contributed by atoms with E-state index in [0.717, 1.165) is 27.9 Å². The Labute approximate surface area is 192 Å². The molecule has 0 radical (unpaired) electrons. The van der Waals surface area contributed by atoms with Crippen molar-refractivity contribution in [3.8, 4) is 0 Å². The molecule has 3 rings (SSSR count). The molecule has 0 unspecified atom stereocenters. The lowest BCUT2D eigenvalue weighted by Crippen LogP contribution is -2.41. The first-order valence-corrected chi connectivity index (χ1v) is 11.9. The SMILES string of the molecule is Cc1ccc(S(=O)(=O)N(CC(=O)NCCCc2ccc(Cl)cc2)c2ccccc2F)cc1. The van der Waals surface area contributed by atoms with Gasteiger partial charge in [0.1, 0.15) is 12.4 Å². The standard InChI is InChI=1S/C24H24ClFN2O3S/c1-18-8-14-21(15-9-18)32(30,31)28(23-7-3-2-6-22(23)26)17-24(29)27-16-4-5-19-10-12-20(25)13-11-19/h2-3,6-15H,4-5,16-17H2,1H3,(H,27,29). The number of halogens is 2. The molecular formula is C24H24ClFN2O3S. The number of aryl methyl sites for hydroxylation is 2. The molecule has 32 heavy (non-hydrogen) atoms. The maximum atomic E-state index is 14.5. The van der Waals surface area contributed by atoms with E-state index < -0.39 is 28.3 Å². The number of anilines is 1. The molecule has 0 aliphatic heterocycles. The minimum absolute atomic E-state index is 0.0121. The quantitative estimate of drug-likeness (QED) is 0.456. The van der Waals surface area contributed by atoms with Gasteiger partial charge in [-0.1, -0.05) is 53.6 Å². The zero-order valence-corrected chi connectivity index (χ0v) is 19.2. The van der Waals surface area contributed by atoms with Crippen molar-refractivity contribution in [2.24, 2.45) is 0 Å². The highest BCUT2D eigenvalue weighted by molar-refractivity contribution is 7.92. The highest BCUT2D eigenvalue weighted by Gasteiger charge is 2.29. The maximum Gasteiger partial charge on any atom is 0.264 e. The molecule has 0 atom stereocenters. The smallest absolute Gasteiger partial charge is 0.264 e. The fourth-order valence-electron chi connectivity index (χ4n) is 3.15. The van der Waals surface area contributed by atoms with Crippen molar-refractivity contribution in [3.05, 3.63) is 94.8 Å². The van der Waals surface area contributed by atoms with Gasteiger partial charge in [-0.2, -0.15) is 0 Å². The van der Waals surface area contributed by atoms with Crippen LogP contribution in [0, 0.1) is 12.7 Å². The van der Waals surface area contributed by atoms with Crippen LogP contribution in [0.15, 0.2) is 77.7 Å². The van der Waals surface area contributed by atoms with Gasteiger partial charge in [0.2, 0.25) is 5.91 Å². The molecule has 0 saturated heterocycles. The predicted molar refractivity (Wildman–Crippen MR) is 125 cm³/mol. The van der Waals surface area contributed by atoms with E-state index in [0.29, 0.717) is 18.0 Å². The molecule has 1 N–H and O–H groups in total. The molecule has 0 aliphatic carbocycles. The normalized spacial score (nSPS) is 11.2. The molecule has 0 spiro atoms. The Morgan fingerprint density at radius 1 is 1.00 bits per heavy atom. The van der Waals surface area contributed by atoms with Crippen LogP contribution in [-0.4, -0.2) is 27.4 Å². The number of rotatable bonds is 9. The number of para-hydroxylation sites is 1. The van der Waals surface area contributed by atoms with Gasteiger partial charge in [0, 0.05) is 11.6 Å². The van der Waals surface area contributed by atoms with Crippen LogP contribution in [-0.2, 0) is 21.2 Å². The summed E-state index contributed by atoms with van der Waals surface area (Å²) >= 11 is 5.88. The van der Waals surface area contributed by atoms with Crippen LogP contribution < -0.4 is 9.62 Å². The summed E-state index contributed by atoms with van der Waals surface area (Å²) in [5.74, 6) is -1.24. The van der Waals surface area contributed by atoms with Crippen LogP contribution in [0.3, 0.4) is 0 Å². The van der Waals surface area contributed by atoms with Gasteiger partial charge in [-0.15, -0.1) is 0 Å². The average molecular weight is 475 g/mol. The zero-order valence-electron chi connectivity index (χ0n) is 17.6. The van der Waals surface area contributed by atoms with Crippen LogP contribution in [0.1, 0.15) is 17.5 Å². The van der Waals surface area contributed by atoms with E-state index in [-0.39, 0.29) is 10.6 Å². The van der Waals surface area contributed by atoms with Gasteiger partial charge < -0.3 is 5.32 Å². The van der Waals surface area contributed by atoms with Crippen LogP contribution in [0.25, 0.3) is 0 Å². The summed E-state index contributed by atoms with van der Waals surface area (Å²) < 4.78 is 41.8. The molecule has 8 heteroatoms. The molecule has 0 fully saturated rings. The number of nitrogens with one attached hydrogen (secondary N) is 1. The Bertz CT molecular complexity index is 1170. The van der Waals surface area contributed by atoms with E-state index in [1.165, 1.54) is 30.3 Å². The third kappa shape index (κ3) is 6.08. The van der Waals surface area contributed by atoms with E-state index in [4.69, 9.17) is 11.6 Å². The summed E-state index contributed by atoms with van der Waals surface area (Å²) in [5.41, 5.74) is 1.79. The molecule has 5 nitrogen and oxygen atoms in total. The highest BCUT2D eigenvalue weighted by atomic mass is 35.5. The number of hydrogen-bond donors (Lipinski definition) is 1. The van der Waals surface area contributed by atoms with Crippen molar-refractivity contribution in [1.29, 1.82) is 0 Å². The number of carbonyl (C=O) groups is 1. The van der Waals surface area contributed by atoms with Gasteiger partial charge >= 0.3 is 0 Å². The number of nitrogens with zero attached hydrogens (tertiary/aromatic N) is 1. The van der Waals surface area contributed by atoms with Crippen LogP contribution in [0.5, 0.6) is 0 Å². The minimum atomic E-state index is -4.15. The van der Waals surface area contributed by atoms with E-state index in [1.54, 1.807) is 24.3 Å². The molecule has 1 amide bonds. The second-order valence-electron chi connectivity index (χ2n) is 7.36. The van der Waals surface area contributed by atoms with E-state index in [2.05, 4.69) is 5.32 Å². The molecule has 0 aliphatic rings. The Hall–Kier alpha value is -2.90. The van der Waals surface area contributed by atoms with Crippen molar-refractivity contribution in [3.63, 3.8) is 0 Å². The fraction of sp³-hybridized carbons (Fsp3) is 0.208. The first kappa shape index (κ1) is 23.8. The summed E-state index contributed by atoms with van der Waals surface area (Å²) in [4.78, 5) is 12.6. The third-order valence-corrected chi connectivity index (χ3v) is 6.92. The molecule has 168 valence electrons. The highest BCUT2D eigenvalue weighted by Crippen LogP contribution is 2.26. The van der Waals surface area contributed by atoms with Crippen LogP contribution >= 0.6 is 11.6 Å². The second-order valence-corrected chi connectivity index (χ2v) is 9.65. The van der Waals surface area contributed by atoms with Gasteiger partial charge in [-0.05, 0) is 61.7 Å². The summed E-state index contributed by atoms with van der Waals surface area (Å²) in [7, 11) is -4.15. The van der Waals surface area contributed by atoms with Gasteiger partial charge in [0.05, 0.1) is 10.6 Å². The maximum absolute atomic E-state index is 14.5. The van der Waals surface area contributed by atoms with E-state index in [9.17, 15) is 17.6 Å². The van der Waals surface area contributed by atoms with Gasteiger partial charge in [-0.25, -0.2) is 12.8 Å². The summed E-state index contributed by atoms with van der Waals surface area (Å²) in [6.45, 7) is 1.66. The number of benzene rings is 3. The van der Waals surface area contributed by atoms with Crippen LogP contribution in [0.2, 0.25) is 5.02 Å². The minimum Gasteiger partial charge on any atom is -0.355 e. The Morgan fingerprint density at radius 2 is 1.66 bits per heavy atom. The Morgan fingerprint density at radius 3 is 2.31 bits per heavy atom. The van der Waals surface area contributed by atoms with Gasteiger partial charge in [0.25, 0.3) is 10.0 Å². The largest absolute Gasteiger partial charge is 0.355 e. The molecule has 3 aromatic rings. The molecule has 3 aromatic carbocycles. The monoisotopic (exact) mass is 474 g/mol. The topological polar surface area (TPSA) is 66.5 Å². The molecule has 0 heterocycles. The third-order valence-electron chi connectivity index (χ3n) is 4.89. The molecular weight excluding hydrogens is 451 g/mol. The Kier molecular flexibility index (Phi) is 7.88. The first-order chi connectivity index (χ1) is 15.3. The molecule has 0 bridgehead atoms. The van der Waals surface area contributed by atoms with E-state index in [1.807, 2.05) is 19.1 Å². The van der Waals surface area contributed by atoms with Crippen molar-refractivity contribution >= 4 is 33.2 Å². The molecule has 0 saturated carbocycles. The lowest BCUT2D eigenvalue weighted by atomic mass is 10.1. The summed E-state index contributed by atoms with van der Waals surface area (Å²) in [6, 6.07) is 19.1. The lowest BCUT2D eigenvalue weighted by molar-refractivity contribution is -0.119. The second kappa shape index (κ2) is 10.6. The van der Waals surface area contributed by atoms with Crippen molar-refractivity contribution < 1.29 is 17.6 Å². The predicted octanol–water partition coefficient (Wildman–Crippen LogP) is 4.73. The number of carbonyl (C=O) groups excluding carboxylic acids is 1. The van der Waals surface area contributed by atoms with Crippen molar-refractivity contribution in [2.45, 2.75) is 24.7 Å². The van der Waals surface area contributed by atoms with Gasteiger partial charge in [-0.3, -0.25) is 9.10 Å². The summed E-state index contributed by atoms with van der Waals surface area (Å²) in [6.07, 6.45) is 1.40. The summed E-state index contributed by atoms with van der Waals surface area (Å²) in [5, 5.41) is 3.38. The van der Waals surface area contributed by atoms with E-state index >= 15 is 0 Å². The molecule has 0 aromatic heterocycles. The zero-order chi connectivity index (χ0) is 23.1. The average Bonchev–Trinajstić information content (AvgIpc) is 2.77. The number of sulfonamides is 1. The number of amides is 1. The van der Waals surface area contributed by atoms with Gasteiger partial charge in [0.15, 0.2) is 0 Å². The van der Waals surface area contributed by atoms with Crippen molar-refractivity contribution in [1.82, 2.24) is 5.32 Å². The first-order valence-electron chi connectivity index (χ1n) is 10.1. The van der Waals surface area contributed by atoms with Crippen molar-refractivity contribution in [2.75, 3.05) is 17.4 Å².